The van der Waals surface area contributed by atoms with Gasteiger partial charge >= 0.3 is 0 Å². The highest BCUT2D eigenvalue weighted by Gasteiger charge is 2.47. The van der Waals surface area contributed by atoms with Gasteiger partial charge in [-0.15, -0.1) is 0 Å². The molecule has 0 saturated carbocycles. The molecule has 0 saturated heterocycles. The number of hydrogen-bond acceptors (Lipinski definition) is 4. The Kier molecular flexibility index (Phi) is 7.60. The summed E-state index contributed by atoms with van der Waals surface area (Å²) in [6.07, 6.45) is 0.153. The lowest BCUT2D eigenvalue weighted by Gasteiger charge is -2.51. The molecule has 1 aliphatic rings. The molecule has 0 aromatic heterocycles. The molecule has 1 N–H and O–H groups in total. The fourth-order valence-corrected chi connectivity index (χ4v) is 5.02. The molecular formula is C27H36N2O4. The molecule has 0 spiro atoms. The Morgan fingerprint density at radius 3 is 2.42 bits per heavy atom. The van der Waals surface area contributed by atoms with Crippen molar-refractivity contribution in [3.63, 3.8) is 0 Å². The second-order valence-electron chi connectivity index (χ2n) is 9.47. The van der Waals surface area contributed by atoms with Crippen molar-refractivity contribution in [3.8, 4) is 0 Å². The van der Waals surface area contributed by atoms with E-state index in [1.807, 2.05) is 48.2 Å². The molecule has 6 heteroatoms. The highest BCUT2D eigenvalue weighted by atomic mass is 16.5. The summed E-state index contributed by atoms with van der Waals surface area (Å²) in [6.45, 7) is 13.1. The summed E-state index contributed by atoms with van der Waals surface area (Å²) in [6, 6.07) is 16.1. The lowest BCUT2D eigenvalue weighted by molar-refractivity contribution is -0.127. The third-order valence-corrected chi connectivity index (χ3v) is 6.39. The predicted octanol–water partition coefficient (Wildman–Crippen LogP) is 4.91. The molecule has 1 aliphatic heterocycles. The van der Waals surface area contributed by atoms with Crippen LogP contribution in [0.1, 0.15) is 59.1 Å². The van der Waals surface area contributed by atoms with Crippen LogP contribution >= 0.6 is 0 Å². The zero-order chi connectivity index (χ0) is 24.2. The van der Waals surface area contributed by atoms with Gasteiger partial charge in [0, 0.05) is 35.9 Å². The van der Waals surface area contributed by atoms with Crippen LogP contribution in [0.25, 0.3) is 0 Å². The Balaban J connectivity index is 1.95. The van der Waals surface area contributed by atoms with Crippen LogP contribution in [0.5, 0.6) is 0 Å². The first-order valence-corrected chi connectivity index (χ1v) is 11.6. The van der Waals surface area contributed by atoms with Crippen LogP contribution in [0.2, 0.25) is 0 Å². The summed E-state index contributed by atoms with van der Waals surface area (Å²) in [7, 11) is 0. The second kappa shape index (κ2) is 10.1. The second-order valence-corrected chi connectivity index (χ2v) is 9.47. The number of nitrogens with zero attached hydrogens (tertiary/aromatic N) is 1. The number of rotatable bonds is 8. The Morgan fingerprint density at radius 2 is 1.79 bits per heavy atom. The normalized spacial score (nSPS) is 20.1. The molecule has 0 radical (unpaired) electrons. The third-order valence-electron chi connectivity index (χ3n) is 6.39. The number of fused-ring (bicyclic) bond motifs is 1. The van der Waals surface area contributed by atoms with Crippen LogP contribution in [0.4, 0.5) is 11.4 Å². The molecule has 178 valence electrons. The topological polar surface area (TPSA) is 67.9 Å². The summed E-state index contributed by atoms with van der Waals surface area (Å²) in [5.41, 5.74) is 3.07. The zero-order valence-electron chi connectivity index (χ0n) is 20.6. The Bertz CT molecular complexity index is 989. The van der Waals surface area contributed by atoms with Crippen LogP contribution in [0, 0.1) is 0 Å². The van der Waals surface area contributed by atoms with E-state index in [1.54, 1.807) is 13.8 Å². The number of ether oxygens (including phenoxy) is 2. The number of carbonyl (C=O) groups excluding carboxylic acids is 2. The first-order valence-electron chi connectivity index (χ1n) is 11.6. The number of nitrogens with one attached hydrogen (secondary N) is 1. The van der Waals surface area contributed by atoms with E-state index in [0.717, 1.165) is 17.7 Å². The lowest BCUT2D eigenvalue weighted by Crippen LogP contribution is -2.55. The molecule has 2 aromatic carbocycles. The van der Waals surface area contributed by atoms with E-state index in [1.165, 1.54) is 5.56 Å². The average molecular weight is 453 g/mol. The van der Waals surface area contributed by atoms with Gasteiger partial charge in [-0.1, -0.05) is 37.3 Å². The third kappa shape index (κ3) is 5.28. The molecule has 0 fully saturated rings. The number of anilines is 2. The van der Waals surface area contributed by atoms with Gasteiger partial charge in [0.2, 0.25) is 5.91 Å². The van der Waals surface area contributed by atoms with E-state index < -0.39 is 6.10 Å². The van der Waals surface area contributed by atoms with Gasteiger partial charge in [0.1, 0.15) is 6.10 Å². The SMILES string of the molecule is CCOCCOC(C)C(=O)Nc1ccc2c(c1)C(C)(c1ccccc1)CC(C)(C)N2C(C)=O. The van der Waals surface area contributed by atoms with Crippen LogP contribution in [0.15, 0.2) is 48.5 Å². The maximum Gasteiger partial charge on any atom is 0.253 e. The molecule has 33 heavy (non-hydrogen) atoms. The molecule has 3 rings (SSSR count). The quantitative estimate of drug-likeness (QED) is 0.578. The fraction of sp³-hybridized carbons (Fsp3) is 0.481. The van der Waals surface area contributed by atoms with Crippen molar-refractivity contribution in [1.82, 2.24) is 0 Å². The summed E-state index contributed by atoms with van der Waals surface area (Å²) in [5.74, 6) is -0.211. The molecule has 2 unspecified atom stereocenters. The first-order chi connectivity index (χ1) is 15.6. The van der Waals surface area contributed by atoms with Gasteiger partial charge in [-0.3, -0.25) is 9.59 Å². The summed E-state index contributed by atoms with van der Waals surface area (Å²) in [5, 5.41) is 2.98. The summed E-state index contributed by atoms with van der Waals surface area (Å²) < 4.78 is 10.9. The van der Waals surface area contributed by atoms with Gasteiger partial charge in [0.05, 0.1) is 13.2 Å². The van der Waals surface area contributed by atoms with Gasteiger partial charge in [0.25, 0.3) is 5.91 Å². The van der Waals surface area contributed by atoms with Crippen molar-refractivity contribution >= 4 is 23.2 Å². The van der Waals surface area contributed by atoms with Crippen molar-refractivity contribution in [3.05, 3.63) is 59.7 Å². The van der Waals surface area contributed by atoms with Crippen molar-refractivity contribution in [2.24, 2.45) is 0 Å². The number of carbonyl (C=O) groups is 2. The molecule has 0 bridgehead atoms. The van der Waals surface area contributed by atoms with Crippen molar-refractivity contribution < 1.29 is 19.1 Å². The Morgan fingerprint density at radius 1 is 1.09 bits per heavy atom. The van der Waals surface area contributed by atoms with Crippen LogP contribution in [0.3, 0.4) is 0 Å². The lowest BCUT2D eigenvalue weighted by atomic mass is 9.65. The van der Waals surface area contributed by atoms with E-state index in [9.17, 15) is 9.59 Å². The van der Waals surface area contributed by atoms with Crippen molar-refractivity contribution in [1.29, 1.82) is 0 Å². The van der Waals surface area contributed by atoms with Crippen molar-refractivity contribution in [2.45, 2.75) is 65.0 Å². The number of amides is 2. The maximum atomic E-state index is 12.7. The minimum atomic E-state index is -0.602. The van der Waals surface area contributed by atoms with E-state index in [4.69, 9.17) is 9.47 Å². The minimum Gasteiger partial charge on any atom is -0.379 e. The number of benzene rings is 2. The highest BCUT2D eigenvalue weighted by Crippen LogP contribution is 2.51. The van der Waals surface area contributed by atoms with Crippen LogP contribution in [-0.4, -0.2) is 43.3 Å². The van der Waals surface area contributed by atoms with Gasteiger partial charge in [-0.05, 0) is 63.4 Å². The molecule has 0 aliphatic carbocycles. The summed E-state index contributed by atoms with van der Waals surface area (Å²) in [4.78, 5) is 27.2. The Hall–Kier alpha value is -2.70. The van der Waals surface area contributed by atoms with Gasteiger partial charge in [-0.2, -0.15) is 0 Å². The standard InChI is InChI=1S/C27H36N2O4/c1-7-32-15-16-33-19(2)25(31)28-22-13-14-24-23(17-22)27(6,21-11-9-8-10-12-21)18-26(4,5)29(24)20(3)30/h8-14,17,19H,7,15-16,18H2,1-6H3,(H,28,31). The van der Waals surface area contributed by atoms with E-state index in [-0.39, 0.29) is 22.8 Å². The van der Waals surface area contributed by atoms with Gasteiger partial charge in [0.15, 0.2) is 0 Å². The Labute approximate surface area is 197 Å². The molecule has 2 amide bonds. The predicted molar refractivity (Wildman–Crippen MR) is 132 cm³/mol. The largest absolute Gasteiger partial charge is 0.379 e. The van der Waals surface area contributed by atoms with Crippen LogP contribution < -0.4 is 10.2 Å². The molecule has 2 aromatic rings. The van der Waals surface area contributed by atoms with E-state index in [2.05, 4.69) is 38.2 Å². The highest BCUT2D eigenvalue weighted by molar-refractivity contribution is 5.97. The van der Waals surface area contributed by atoms with Crippen LogP contribution in [-0.2, 0) is 24.5 Å². The molecule has 6 nitrogen and oxygen atoms in total. The van der Waals surface area contributed by atoms with Crippen molar-refractivity contribution in [2.75, 3.05) is 30.0 Å². The van der Waals surface area contributed by atoms with Gasteiger partial charge < -0.3 is 19.7 Å². The van der Waals surface area contributed by atoms with E-state index in [0.29, 0.717) is 25.5 Å². The van der Waals surface area contributed by atoms with E-state index >= 15 is 0 Å². The molecular weight excluding hydrogens is 416 g/mol. The zero-order valence-corrected chi connectivity index (χ0v) is 20.6. The molecule has 1 heterocycles. The monoisotopic (exact) mass is 452 g/mol. The maximum absolute atomic E-state index is 12.7. The number of hydrogen-bond donors (Lipinski definition) is 1. The fourth-order valence-electron chi connectivity index (χ4n) is 5.02. The minimum absolute atomic E-state index is 0.00414. The first kappa shape index (κ1) is 24.9. The molecule has 2 atom stereocenters. The summed E-state index contributed by atoms with van der Waals surface area (Å²) >= 11 is 0. The average Bonchev–Trinajstić information content (AvgIpc) is 2.76. The van der Waals surface area contributed by atoms with Gasteiger partial charge in [-0.25, -0.2) is 0 Å². The smallest absolute Gasteiger partial charge is 0.253 e.